The van der Waals surface area contributed by atoms with Gasteiger partial charge in [0.25, 0.3) is 0 Å². The number of ether oxygens (including phenoxy) is 1. The van der Waals surface area contributed by atoms with Gasteiger partial charge < -0.3 is 15.4 Å². The zero-order chi connectivity index (χ0) is 13.7. The van der Waals surface area contributed by atoms with Crippen LogP contribution >= 0.6 is 0 Å². The van der Waals surface area contributed by atoms with E-state index in [-0.39, 0.29) is 6.03 Å². The standard InChI is InChI=1S/C15H22N2O2/c1-11-5-3-4-6-14(11)17-15(18)16-10-13-7-8-19-12(2)9-13/h3-6,12-13H,7-10H2,1-2H3,(H2,16,17,18). The number of carbonyl (C=O) groups is 1. The molecule has 0 bridgehead atoms. The number of aryl methyl sites for hydroxylation is 1. The molecule has 2 unspecified atom stereocenters. The molecule has 0 radical (unpaired) electrons. The van der Waals surface area contributed by atoms with Crippen molar-refractivity contribution in [1.82, 2.24) is 5.32 Å². The Labute approximate surface area is 114 Å². The van der Waals surface area contributed by atoms with Gasteiger partial charge in [-0.1, -0.05) is 18.2 Å². The first-order chi connectivity index (χ1) is 9.15. The van der Waals surface area contributed by atoms with E-state index in [1.165, 1.54) is 0 Å². The minimum Gasteiger partial charge on any atom is -0.378 e. The largest absolute Gasteiger partial charge is 0.378 e. The van der Waals surface area contributed by atoms with Gasteiger partial charge in [-0.2, -0.15) is 0 Å². The summed E-state index contributed by atoms with van der Waals surface area (Å²) in [4.78, 5) is 11.8. The predicted octanol–water partition coefficient (Wildman–Crippen LogP) is 2.93. The molecule has 104 valence electrons. The van der Waals surface area contributed by atoms with Crippen molar-refractivity contribution >= 4 is 11.7 Å². The van der Waals surface area contributed by atoms with Crippen LogP contribution in [0.5, 0.6) is 0 Å². The molecule has 1 aromatic carbocycles. The molecule has 2 rings (SSSR count). The number of nitrogens with one attached hydrogen (secondary N) is 2. The van der Waals surface area contributed by atoms with Gasteiger partial charge in [0.15, 0.2) is 0 Å². The van der Waals surface area contributed by atoms with Crippen LogP contribution in [0.1, 0.15) is 25.3 Å². The molecular weight excluding hydrogens is 240 g/mol. The molecule has 0 aromatic heterocycles. The molecule has 0 saturated carbocycles. The lowest BCUT2D eigenvalue weighted by atomic mass is 9.96. The summed E-state index contributed by atoms with van der Waals surface area (Å²) in [6.07, 6.45) is 2.35. The topological polar surface area (TPSA) is 50.4 Å². The first-order valence-electron chi connectivity index (χ1n) is 6.87. The Bertz CT molecular complexity index is 434. The van der Waals surface area contributed by atoms with Gasteiger partial charge >= 0.3 is 6.03 Å². The van der Waals surface area contributed by atoms with E-state index in [0.29, 0.717) is 18.6 Å². The summed E-state index contributed by atoms with van der Waals surface area (Å²) >= 11 is 0. The fourth-order valence-corrected chi connectivity index (χ4v) is 2.39. The second-order valence-electron chi connectivity index (χ2n) is 5.22. The Morgan fingerprint density at radius 2 is 2.21 bits per heavy atom. The van der Waals surface area contributed by atoms with Crippen LogP contribution < -0.4 is 10.6 Å². The molecule has 2 atom stereocenters. The lowest BCUT2D eigenvalue weighted by molar-refractivity contribution is 0.00354. The summed E-state index contributed by atoms with van der Waals surface area (Å²) in [5.41, 5.74) is 1.93. The maximum atomic E-state index is 11.8. The summed E-state index contributed by atoms with van der Waals surface area (Å²) in [7, 11) is 0. The van der Waals surface area contributed by atoms with Gasteiger partial charge in [-0.25, -0.2) is 4.79 Å². The van der Waals surface area contributed by atoms with Crippen LogP contribution in [0.3, 0.4) is 0 Å². The lowest BCUT2D eigenvalue weighted by Gasteiger charge is -2.27. The monoisotopic (exact) mass is 262 g/mol. The number of amides is 2. The van der Waals surface area contributed by atoms with Crippen molar-refractivity contribution in [3.8, 4) is 0 Å². The maximum Gasteiger partial charge on any atom is 0.319 e. The molecule has 0 spiro atoms. The fourth-order valence-electron chi connectivity index (χ4n) is 2.39. The van der Waals surface area contributed by atoms with Gasteiger partial charge in [0, 0.05) is 18.8 Å². The summed E-state index contributed by atoms with van der Waals surface area (Å²) in [6, 6.07) is 7.64. The van der Waals surface area contributed by atoms with E-state index < -0.39 is 0 Å². The third-order valence-corrected chi connectivity index (χ3v) is 3.54. The summed E-state index contributed by atoms with van der Waals surface area (Å²) < 4.78 is 5.50. The van der Waals surface area contributed by atoms with Crippen molar-refractivity contribution in [2.24, 2.45) is 5.92 Å². The van der Waals surface area contributed by atoms with Gasteiger partial charge in [0.1, 0.15) is 0 Å². The molecule has 2 N–H and O–H groups in total. The molecule has 2 amide bonds. The van der Waals surface area contributed by atoms with E-state index in [1.54, 1.807) is 0 Å². The van der Waals surface area contributed by atoms with Crippen LogP contribution in [0.2, 0.25) is 0 Å². The Hall–Kier alpha value is -1.55. The third-order valence-electron chi connectivity index (χ3n) is 3.54. The maximum absolute atomic E-state index is 11.8. The number of carbonyl (C=O) groups excluding carboxylic acids is 1. The predicted molar refractivity (Wildman–Crippen MR) is 76.3 cm³/mol. The van der Waals surface area contributed by atoms with E-state index in [0.717, 1.165) is 30.7 Å². The average Bonchev–Trinajstić information content (AvgIpc) is 2.39. The highest BCUT2D eigenvalue weighted by atomic mass is 16.5. The van der Waals surface area contributed by atoms with Gasteiger partial charge in [-0.05, 0) is 44.2 Å². The van der Waals surface area contributed by atoms with Crippen LogP contribution in [0.25, 0.3) is 0 Å². The molecule has 1 aromatic rings. The van der Waals surface area contributed by atoms with E-state index in [2.05, 4.69) is 17.6 Å². The van der Waals surface area contributed by atoms with Crippen LogP contribution in [-0.2, 0) is 4.74 Å². The number of anilines is 1. The van der Waals surface area contributed by atoms with Crippen LogP contribution in [0, 0.1) is 12.8 Å². The minimum absolute atomic E-state index is 0.131. The third kappa shape index (κ3) is 4.24. The van der Waals surface area contributed by atoms with Crippen LogP contribution in [-0.4, -0.2) is 25.3 Å². The SMILES string of the molecule is Cc1ccccc1NC(=O)NCC1CCOC(C)C1. The van der Waals surface area contributed by atoms with Crippen molar-refractivity contribution in [3.63, 3.8) is 0 Å². The van der Waals surface area contributed by atoms with E-state index in [4.69, 9.17) is 4.74 Å². The number of hydrogen-bond acceptors (Lipinski definition) is 2. The molecule has 19 heavy (non-hydrogen) atoms. The second-order valence-corrected chi connectivity index (χ2v) is 5.22. The second kappa shape index (κ2) is 6.57. The van der Waals surface area contributed by atoms with Crippen molar-refractivity contribution in [2.75, 3.05) is 18.5 Å². The van der Waals surface area contributed by atoms with Crippen molar-refractivity contribution in [2.45, 2.75) is 32.8 Å². The van der Waals surface area contributed by atoms with Gasteiger partial charge in [-0.3, -0.25) is 0 Å². The zero-order valence-electron chi connectivity index (χ0n) is 11.6. The highest BCUT2D eigenvalue weighted by Crippen LogP contribution is 2.19. The Morgan fingerprint density at radius 1 is 1.42 bits per heavy atom. The Kier molecular flexibility index (Phi) is 4.80. The summed E-state index contributed by atoms with van der Waals surface area (Å²) in [5.74, 6) is 0.520. The van der Waals surface area contributed by atoms with Crippen molar-refractivity contribution < 1.29 is 9.53 Å². The van der Waals surface area contributed by atoms with Gasteiger partial charge in [-0.15, -0.1) is 0 Å². The molecule has 1 fully saturated rings. The highest BCUT2D eigenvalue weighted by Gasteiger charge is 2.19. The Balaban J connectivity index is 1.77. The Morgan fingerprint density at radius 3 is 2.95 bits per heavy atom. The molecular formula is C15H22N2O2. The molecule has 1 heterocycles. The van der Waals surface area contributed by atoms with E-state index in [9.17, 15) is 4.79 Å². The highest BCUT2D eigenvalue weighted by molar-refractivity contribution is 5.89. The molecule has 1 saturated heterocycles. The summed E-state index contributed by atoms with van der Waals surface area (Å²) in [5, 5.41) is 5.82. The first-order valence-corrected chi connectivity index (χ1v) is 6.87. The van der Waals surface area contributed by atoms with E-state index in [1.807, 2.05) is 31.2 Å². The van der Waals surface area contributed by atoms with Gasteiger partial charge in [0.2, 0.25) is 0 Å². The normalized spacial score (nSPS) is 22.8. The quantitative estimate of drug-likeness (QED) is 0.880. The average molecular weight is 262 g/mol. The molecule has 4 nitrogen and oxygen atoms in total. The number of urea groups is 1. The molecule has 0 aliphatic carbocycles. The van der Waals surface area contributed by atoms with Crippen molar-refractivity contribution in [3.05, 3.63) is 29.8 Å². The number of para-hydroxylation sites is 1. The minimum atomic E-state index is -0.131. The smallest absolute Gasteiger partial charge is 0.319 e. The lowest BCUT2D eigenvalue weighted by Crippen LogP contribution is -2.36. The summed E-state index contributed by atoms with van der Waals surface area (Å²) in [6.45, 7) is 5.58. The van der Waals surface area contributed by atoms with Gasteiger partial charge in [0.05, 0.1) is 6.10 Å². The number of hydrogen-bond donors (Lipinski definition) is 2. The molecule has 4 heteroatoms. The van der Waals surface area contributed by atoms with Crippen molar-refractivity contribution in [1.29, 1.82) is 0 Å². The first kappa shape index (κ1) is 13.9. The molecule has 1 aliphatic rings. The molecule has 1 aliphatic heterocycles. The van der Waals surface area contributed by atoms with Crippen LogP contribution in [0.4, 0.5) is 10.5 Å². The fraction of sp³-hybridized carbons (Fsp3) is 0.533. The number of rotatable bonds is 3. The zero-order valence-corrected chi connectivity index (χ0v) is 11.6. The van der Waals surface area contributed by atoms with Crippen LogP contribution in [0.15, 0.2) is 24.3 Å². The number of benzene rings is 1. The van der Waals surface area contributed by atoms with E-state index >= 15 is 0 Å².